The van der Waals surface area contributed by atoms with E-state index in [2.05, 4.69) is 5.32 Å². The molecule has 2 aliphatic heterocycles. The van der Waals surface area contributed by atoms with Crippen LogP contribution in [0.3, 0.4) is 0 Å². The maximum absolute atomic E-state index is 13.3. The van der Waals surface area contributed by atoms with Gasteiger partial charge in [0.15, 0.2) is 0 Å². The Morgan fingerprint density at radius 3 is 2.59 bits per heavy atom. The van der Waals surface area contributed by atoms with Gasteiger partial charge in [0.1, 0.15) is 5.75 Å². The van der Waals surface area contributed by atoms with Crippen LogP contribution in [0, 0.1) is 0 Å². The van der Waals surface area contributed by atoms with E-state index in [1.54, 1.807) is 34.9 Å². The molecule has 32 heavy (non-hydrogen) atoms. The van der Waals surface area contributed by atoms with Gasteiger partial charge in [-0.2, -0.15) is 0 Å². The molecular formula is C23H25Cl2N3O3S. The smallest absolute Gasteiger partial charge is 0.321 e. The summed E-state index contributed by atoms with van der Waals surface area (Å²) in [4.78, 5) is 29.6. The second-order valence-electron chi connectivity index (χ2n) is 7.72. The molecule has 170 valence electrons. The third kappa shape index (κ3) is 4.65. The number of thioether (sulfide) groups is 1. The number of amides is 3. The molecule has 2 aromatic carbocycles. The van der Waals surface area contributed by atoms with E-state index in [1.165, 1.54) is 0 Å². The number of likely N-dealkylation sites (tertiary alicyclic amines) is 1. The predicted octanol–water partition coefficient (Wildman–Crippen LogP) is 5.61. The lowest BCUT2D eigenvalue weighted by atomic mass is 10.0. The van der Waals surface area contributed by atoms with Crippen LogP contribution in [-0.2, 0) is 0 Å². The van der Waals surface area contributed by atoms with Gasteiger partial charge in [-0.1, -0.05) is 35.3 Å². The maximum Gasteiger partial charge on any atom is 0.321 e. The van der Waals surface area contributed by atoms with Crippen molar-refractivity contribution in [3.05, 3.63) is 58.1 Å². The van der Waals surface area contributed by atoms with Gasteiger partial charge >= 0.3 is 6.03 Å². The van der Waals surface area contributed by atoms with Crippen LogP contribution in [0.2, 0.25) is 10.0 Å². The molecule has 9 heteroatoms. The van der Waals surface area contributed by atoms with Crippen LogP contribution in [0.15, 0.2) is 42.5 Å². The molecular weight excluding hydrogens is 469 g/mol. The molecule has 3 amide bonds. The van der Waals surface area contributed by atoms with Crippen LogP contribution < -0.4 is 10.1 Å². The zero-order valence-corrected chi connectivity index (χ0v) is 20.1. The van der Waals surface area contributed by atoms with Crippen LogP contribution in [0.5, 0.6) is 5.75 Å². The minimum atomic E-state index is -0.319. The lowest BCUT2D eigenvalue weighted by Gasteiger charge is -2.44. The Kier molecular flexibility index (Phi) is 7.08. The van der Waals surface area contributed by atoms with Gasteiger partial charge in [-0.05, 0) is 50.1 Å². The van der Waals surface area contributed by atoms with Gasteiger partial charge in [0.25, 0.3) is 5.91 Å². The molecule has 1 N–H and O–H groups in total. The first-order chi connectivity index (χ1) is 15.4. The van der Waals surface area contributed by atoms with Crippen molar-refractivity contribution in [2.24, 2.45) is 0 Å². The van der Waals surface area contributed by atoms with E-state index < -0.39 is 0 Å². The Bertz CT molecular complexity index is 1010. The largest absolute Gasteiger partial charge is 0.492 e. The van der Waals surface area contributed by atoms with Crippen molar-refractivity contribution in [2.75, 3.05) is 37.3 Å². The molecule has 2 aromatic rings. The fraction of sp³-hybridized carbons (Fsp3) is 0.391. The lowest BCUT2D eigenvalue weighted by molar-refractivity contribution is 0.0586. The average Bonchev–Trinajstić information content (AvgIpc) is 3.18. The molecule has 0 radical (unpaired) electrons. The lowest BCUT2D eigenvalue weighted by Crippen LogP contribution is -2.54. The Labute approximate surface area is 202 Å². The number of carbonyl (C=O) groups is 2. The van der Waals surface area contributed by atoms with E-state index in [4.69, 9.17) is 27.9 Å². The van der Waals surface area contributed by atoms with Crippen molar-refractivity contribution in [1.29, 1.82) is 0 Å². The second kappa shape index (κ2) is 9.81. The van der Waals surface area contributed by atoms with E-state index in [-0.39, 0.29) is 16.8 Å². The van der Waals surface area contributed by atoms with Gasteiger partial charge in [-0.25, -0.2) is 4.79 Å². The number of rotatable bonds is 4. The van der Waals surface area contributed by atoms with Gasteiger partial charge in [0.05, 0.1) is 27.8 Å². The first-order valence-corrected chi connectivity index (χ1v) is 12.4. The fourth-order valence-corrected chi connectivity index (χ4v) is 6.17. The minimum Gasteiger partial charge on any atom is -0.492 e. The van der Waals surface area contributed by atoms with E-state index in [9.17, 15) is 9.59 Å². The van der Waals surface area contributed by atoms with Crippen LogP contribution in [0.4, 0.5) is 10.5 Å². The Balaban J connectivity index is 1.43. The van der Waals surface area contributed by atoms with E-state index in [0.29, 0.717) is 66.1 Å². The number of nitrogens with one attached hydrogen (secondary N) is 1. The Morgan fingerprint density at radius 1 is 1.12 bits per heavy atom. The Morgan fingerprint density at radius 2 is 1.88 bits per heavy atom. The molecule has 2 fully saturated rings. The first-order valence-electron chi connectivity index (χ1n) is 10.6. The number of piperidine rings is 1. The van der Waals surface area contributed by atoms with E-state index in [1.807, 2.05) is 36.1 Å². The van der Waals surface area contributed by atoms with Gasteiger partial charge in [0.2, 0.25) is 0 Å². The first kappa shape index (κ1) is 23.1. The number of ether oxygens (including phenoxy) is 1. The monoisotopic (exact) mass is 493 g/mol. The molecule has 4 rings (SSSR count). The SMILES string of the molecule is CCOc1ccccc1NC(=O)N1CCC2(CC1)SCCN2C(=O)c1ccc(Cl)cc1Cl. The summed E-state index contributed by atoms with van der Waals surface area (Å²) in [6.07, 6.45) is 1.41. The minimum absolute atomic E-state index is 0.0831. The normalized spacial score (nSPS) is 17.5. The standard InChI is InChI=1S/C23H25Cl2N3O3S/c1-2-31-20-6-4-3-5-19(20)26-22(30)27-11-9-23(10-12-27)28(13-14-32-23)21(29)17-8-7-16(24)15-18(17)25/h3-8,15H,2,9-14H2,1H3,(H,26,30). The third-order valence-corrected chi connectivity index (χ3v) is 7.95. The number of urea groups is 1. The van der Waals surface area contributed by atoms with Crippen molar-refractivity contribution < 1.29 is 14.3 Å². The van der Waals surface area contributed by atoms with E-state index in [0.717, 1.165) is 5.75 Å². The molecule has 0 bridgehead atoms. The summed E-state index contributed by atoms with van der Waals surface area (Å²) in [7, 11) is 0. The summed E-state index contributed by atoms with van der Waals surface area (Å²) in [6, 6.07) is 12.2. The summed E-state index contributed by atoms with van der Waals surface area (Å²) >= 11 is 14.1. The average molecular weight is 494 g/mol. The second-order valence-corrected chi connectivity index (χ2v) is 10.0. The maximum atomic E-state index is 13.3. The summed E-state index contributed by atoms with van der Waals surface area (Å²) in [5, 5.41) is 3.82. The highest BCUT2D eigenvalue weighted by molar-refractivity contribution is 8.00. The van der Waals surface area contributed by atoms with Crippen molar-refractivity contribution in [3.8, 4) is 5.75 Å². The van der Waals surface area contributed by atoms with Crippen molar-refractivity contribution in [3.63, 3.8) is 0 Å². The van der Waals surface area contributed by atoms with Crippen LogP contribution >= 0.6 is 35.0 Å². The highest BCUT2D eigenvalue weighted by Gasteiger charge is 2.47. The zero-order valence-electron chi connectivity index (χ0n) is 17.8. The van der Waals surface area contributed by atoms with Crippen molar-refractivity contribution in [1.82, 2.24) is 9.80 Å². The molecule has 0 aromatic heterocycles. The summed E-state index contributed by atoms with van der Waals surface area (Å²) in [5.41, 5.74) is 1.12. The molecule has 2 heterocycles. The fourth-order valence-electron chi connectivity index (χ4n) is 4.22. The number of hydrogen-bond donors (Lipinski definition) is 1. The molecule has 0 saturated carbocycles. The topological polar surface area (TPSA) is 61.9 Å². The molecule has 2 aliphatic rings. The number of hydrogen-bond acceptors (Lipinski definition) is 4. The predicted molar refractivity (Wildman–Crippen MR) is 130 cm³/mol. The number of halogens is 2. The van der Waals surface area contributed by atoms with Gasteiger partial charge in [0, 0.05) is 30.4 Å². The summed E-state index contributed by atoms with van der Waals surface area (Å²) in [6.45, 7) is 4.22. The van der Waals surface area contributed by atoms with Gasteiger partial charge in [-0.15, -0.1) is 11.8 Å². The molecule has 0 aliphatic carbocycles. The highest BCUT2D eigenvalue weighted by Crippen LogP contribution is 2.45. The van der Waals surface area contributed by atoms with Crippen molar-refractivity contribution >= 4 is 52.6 Å². The number of nitrogens with zero attached hydrogens (tertiary/aromatic N) is 2. The molecule has 6 nitrogen and oxygen atoms in total. The molecule has 1 spiro atoms. The molecule has 0 unspecified atom stereocenters. The third-order valence-electron chi connectivity index (χ3n) is 5.84. The van der Waals surface area contributed by atoms with Crippen LogP contribution in [-0.4, -0.2) is 58.6 Å². The van der Waals surface area contributed by atoms with Gasteiger partial charge in [-0.3, -0.25) is 4.79 Å². The molecule has 0 atom stereocenters. The summed E-state index contributed by atoms with van der Waals surface area (Å²) in [5.74, 6) is 1.44. The zero-order chi connectivity index (χ0) is 22.7. The molecule has 2 saturated heterocycles. The van der Waals surface area contributed by atoms with Crippen LogP contribution in [0.1, 0.15) is 30.1 Å². The quantitative estimate of drug-likeness (QED) is 0.601. The van der Waals surface area contributed by atoms with Gasteiger partial charge < -0.3 is 19.9 Å². The number of anilines is 1. The highest BCUT2D eigenvalue weighted by atomic mass is 35.5. The number of benzene rings is 2. The van der Waals surface area contributed by atoms with Crippen molar-refractivity contribution in [2.45, 2.75) is 24.6 Å². The number of carbonyl (C=O) groups excluding carboxylic acids is 2. The Hall–Kier alpha value is -2.09. The van der Waals surface area contributed by atoms with E-state index >= 15 is 0 Å². The van der Waals surface area contributed by atoms with Crippen LogP contribution in [0.25, 0.3) is 0 Å². The number of para-hydroxylation sites is 2. The summed E-state index contributed by atoms with van der Waals surface area (Å²) < 4.78 is 5.60.